The second-order valence-corrected chi connectivity index (χ2v) is 6.39. The van der Waals surface area contributed by atoms with Crippen LogP contribution in [0.1, 0.15) is 63.0 Å². The Bertz CT molecular complexity index is 366. The molecule has 1 fully saturated rings. The van der Waals surface area contributed by atoms with Gasteiger partial charge >= 0.3 is 0 Å². The molecule has 2 unspecified atom stereocenters. The van der Waals surface area contributed by atoms with Gasteiger partial charge in [0.1, 0.15) is 0 Å². The van der Waals surface area contributed by atoms with E-state index in [-0.39, 0.29) is 0 Å². The Morgan fingerprint density at radius 1 is 1.05 bits per heavy atom. The van der Waals surface area contributed by atoms with Gasteiger partial charge in [0.2, 0.25) is 0 Å². The monoisotopic (exact) mass is 259 g/mol. The van der Waals surface area contributed by atoms with Crippen molar-refractivity contribution in [2.24, 2.45) is 5.92 Å². The predicted octanol–water partition coefficient (Wildman–Crippen LogP) is 4.52. The van der Waals surface area contributed by atoms with E-state index in [9.17, 15) is 0 Å². The molecule has 2 rings (SSSR count). The first kappa shape index (κ1) is 14.6. The highest BCUT2D eigenvalue weighted by Gasteiger charge is 2.22. The Morgan fingerprint density at radius 2 is 1.74 bits per heavy atom. The van der Waals surface area contributed by atoms with E-state index in [1.807, 2.05) is 0 Å². The van der Waals surface area contributed by atoms with Gasteiger partial charge in [0.25, 0.3) is 0 Å². The Hall–Kier alpha value is -0.820. The van der Waals surface area contributed by atoms with Crippen molar-refractivity contribution in [2.75, 3.05) is 7.05 Å². The first-order valence-electron chi connectivity index (χ1n) is 7.97. The van der Waals surface area contributed by atoms with Gasteiger partial charge in [-0.2, -0.15) is 0 Å². The molecule has 1 heteroatoms. The fourth-order valence-corrected chi connectivity index (χ4v) is 3.35. The topological polar surface area (TPSA) is 12.0 Å². The SMILES string of the molecule is CNC1CCCCCC1Cc1ccc(C(C)C)cc1. The summed E-state index contributed by atoms with van der Waals surface area (Å²) in [7, 11) is 2.13. The van der Waals surface area contributed by atoms with Gasteiger partial charge in [-0.15, -0.1) is 0 Å². The number of rotatable bonds is 4. The van der Waals surface area contributed by atoms with Gasteiger partial charge in [0.05, 0.1) is 0 Å². The zero-order valence-electron chi connectivity index (χ0n) is 12.8. The molecule has 2 atom stereocenters. The highest BCUT2D eigenvalue weighted by atomic mass is 14.9. The molecule has 0 amide bonds. The zero-order chi connectivity index (χ0) is 13.7. The molecule has 19 heavy (non-hydrogen) atoms. The Balaban J connectivity index is 2.01. The quantitative estimate of drug-likeness (QED) is 0.784. The molecule has 0 radical (unpaired) electrons. The molecular weight excluding hydrogens is 230 g/mol. The van der Waals surface area contributed by atoms with E-state index in [4.69, 9.17) is 0 Å². The predicted molar refractivity (Wildman–Crippen MR) is 83.7 cm³/mol. The zero-order valence-corrected chi connectivity index (χ0v) is 12.8. The minimum Gasteiger partial charge on any atom is -0.317 e. The summed E-state index contributed by atoms with van der Waals surface area (Å²) in [5.74, 6) is 1.45. The molecule has 0 bridgehead atoms. The molecule has 106 valence electrons. The van der Waals surface area contributed by atoms with Crippen LogP contribution in [0.4, 0.5) is 0 Å². The molecule has 0 spiro atoms. The van der Waals surface area contributed by atoms with Crippen molar-refractivity contribution in [1.29, 1.82) is 0 Å². The molecule has 0 heterocycles. The second-order valence-electron chi connectivity index (χ2n) is 6.39. The standard InChI is InChI=1S/C18H29N/c1-14(2)16-11-9-15(10-12-16)13-17-7-5-4-6-8-18(17)19-3/h9-12,14,17-19H,4-8,13H2,1-3H3. The van der Waals surface area contributed by atoms with Crippen LogP contribution < -0.4 is 5.32 Å². The van der Waals surface area contributed by atoms with Crippen molar-refractivity contribution >= 4 is 0 Å². The van der Waals surface area contributed by atoms with Gasteiger partial charge in [-0.05, 0) is 49.3 Å². The lowest BCUT2D eigenvalue weighted by atomic mass is 9.88. The summed E-state index contributed by atoms with van der Waals surface area (Å²) in [6, 6.07) is 10.0. The molecule has 1 aliphatic rings. The van der Waals surface area contributed by atoms with Crippen LogP contribution in [0.15, 0.2) is 24.3 Å². The van der Waals surface area contributed by atoms with Crippen LogP contribution in [0.3, 0.4) is 0 Å². The van der Waals surface area contributed by atoms with Crippen LogP contribution in [0.25, 0.3) is 0 Å². The van der Waals surface area contributed by atoms with Crippen LogP contribution in [0.5, 0.6) is 0 Å². The van der Waals surface area contributed by atoms with Gasteiger partial charge in [-0.25, -0.2) is 0 Å². The summed E-state index contributed by atoms with van der Waals surface area (Å²) in [6.45, 7) is 4.52. The van der Waals surface area contributed by atoms with E-state index in [1.54, 1.807) is 0 Å². The smallest absolute Gasteiger partial charge is 0.00955 e. The highest BCUT2D eigenvalue weighted by Crippen LogP contribution is 2.27. The Labute approximate surface area is 118 Å². The minimum absolute atomic E-state index is 0.636. The van der Waals surface area contributed by atoms with Crippen molar-refractivity contribution in [2.45, 2.75) is 64.3 Å². The summed E-state index contributed by atoms with van der Waals surface area (Å²) >= 11 is 0. The third kappa shape index (κ3) is 4.07. The Kier molecular flexibility index (Phi) is 5.45. The number of benzene rings is 1. The van der Waals surface area contributed by atoms with Crippen LogP contribution in [0, 0.1) is 5.92 Å². The van der Waals surface area contributed by atoms with E-state index in [0.29, 0.717) is 12.0 Å². The van der Waals surface area contributed by atoms with Gasteiger partial charge in [-0.3, -0.25) is 0 Å². The lowest BCUT2D eigenvalue weighted by Gasteiger charge is -2.25. The highest BCUT2D eigenvalue weighted by molar-refractivity contribution is 5.25. The summed E-state index contributed by atoms with van der Waals surface area (Å²) < 4.78 is 0. The molecule has 1 nitrogen and oxygen atoms in total. The fourth-order valence-electron chi connectivity index (χ4n) is 3.35. The first-order valence-corrected chi connectivity index (χ1v) is 7.97. The minimum atomic E-state index is 0.636. The third-order valence-electron chi connectivity index (χ3n) is 4.67. The fraction of sp³-hybridized carbons (Fsp3) is 0.667. The largest absolute Gasteiger partial charge is 0.317 e. The number of nitrogens with one attached hydrogen (secondary N) is 1. The van der Waals surface area contributed by atoms with Crippen molar-refractivity contribution in [3.63, 3.8) is 0 Å². The van der Waals surface area contributed by atoms with Crippen LogP contribution in [0.2, 0.25) is 0 Å². The van der Waals surface area contributed by atoms with Crippen molar-refractivity contribution < 1.29 is 0 Å². The van der Waals surface area contributed by atoms with Gasteiger partial charge in [0, 0.05) is 6.04 Å². The lowest BCUT2D eigenvalue weighted by Crippen LogP contribution is -2.33. The van der Waals surface area contributed by atoms with Crippen LogP contribution in [-0.2, 0) is 6.42 Å². The molecule has 0 saturated heterocycles. The van der Waals surface area contributed by atoms with Crippen molar-refractivity contribution in [3.8, 4) is 0 Å². The van der Waals surface area contributed by atoms with Gasteiger partial charge in [0.15, 0.2) is 0 Å². The third-order valence-corrected chi connectivity index (χ3v) is 4.67. The van der Waals surface area contributed by atoms with Crippen molar-refractivity contribution in [3.05, 3.63) is 35.4 Å². The van der Waals surface area contributed by atoms with Gasteiger partial charge < -0.3 is 5.32 Å². The van der Waals surface area contributed by atoms with E-state index in [2.05, 4.69) is 50.5 Å². The lowest BCUT2D eigenvalue weighted by molar-refractivity contribution is 0.350. The van der Waals surface area contributed by atoms with Gasteiger partial charge in [-0.1, -0.05) is 57.4 Å². The second kappa shape index (κ2) is 7.09. The summed E-state index contributed by atoms with van der Waals surface area (Å²) in [4.78, 5) is 0. The number of hydrogen-bond donors (Lipinski definition) is 1. The van der Waals surface area contributed by atoms with E-state index >= 15 is 0 Å². The molecule has 0 aromatic heterocycles. The van der Waals surface area contributed by atoms with E-state index < -0.39 is 0 Å². The van der Waals surface area contributed by atoms with E-state index in [0.717, 1.165) is 5.92 Å². The van der Waals surface area contributed by atoms with Crippen LogP contribution in [-0.4, -0.2) is 13.1 Å². The summed E-state index contributed by atoms with van der Waals surface area (Å²) in [5, 5.41) is 3.54. The normalized spacial score (nSPS) is 24.4. The molecule has 1 aliphatic carbocycles. The molecule has 1 aromatic carbocycles. The average molecular weight is 259 g/mol. The molecule has 1 N–H and O–H groups in total. The maximum absolute atomic E-state index is 3.54. The molecule has 0 aliphatic heterocycles. The Morgan fingerprint density at radius 3 is 2.37 bits per heavy atom. The van der Waals surface area contributed by atoms with Crippen molar-refractivity contribution in [1.82, 2.24) is 5.32 Å². The average Bonchev–Trinajstić information content (AvgIpc) is 2.64. The molecular formula is C18H29N. The first-order chi connectivity index (χ1) is 9.20. The number of hydrogen-bond acceptors (Lipinski definition) is 1. The maximum atomic E-state index is 3.54. The summed E-state index contributed by atoms with van der Waals surface area (Å²) in [6.07, 6.45) is 8.20. The molecule has 1 aromatic rings. The molecule has 1 saturated carbocycles. The maximum Gasteiger partial charge on any atom is 0.00955 e. The van der Waals surface area contributed by atoms with E-state index in [1.165, 1.54) is 49.7 Å². The van der Waals surface area contributed by atoms with Crippen LogP contribution >= 0.6 is 0 Å². The summed E-state index contributed by atoms with van der Waals surface area (Å²) in [5.41, 5.74) is 2.96.